The largest absolute Gasteiger partial charge is 0.496 e. The van der Waals surface area contributed by atoms with Crippen LogP contribution in [0.5, 0.6) is 17.2 Å². The number of anilines is 2. The number of ether oxygens (including phenoxy) is 3. The molecule has 1 heterocycles. The molecule has 148 valence electrons. The second-order valence-electron chi connectivity index (χ2n) is 6.59. The number of para-hydroxylation sites is 1. The Labute approximate surface area is 169 Å². The van der Waals surface area contributed by atoms with E-state index in [1.165, 1.54) is 0 Å². The van der Waals surface area contributed by atoms with Crippen LogP contribution in [0.1, 0.15) is 15.9 Å². The van der Waals surface area contributed by atoms with E-state index in [4.69, 9.17) is 14.2 Å². The maximum Gasteiger partial charge on any atom is 0.255 e. The van der Waals surface area contributed by atoms with Crippen LogP contribution in [0, 0.1) is 0 Å². The van der Waals surface area contributed by atoms with Crippen LogP contribution in [0.3, 0.4) is 0 Å². The van der Waals surface area contributed by atoms with Crippen LogP contribution in [0.15, 0.2) is 66.7 Å². The molecule has 6 nitrogen and oxygen atoms in total. The van der Waals surface area contributed by atoms with E-state index in [9.17, 15) is 4.79 Å². The van der Waals surface area contributed by atoms with Crippen molar-refractivity contribution in [2.75, 3.05) is 31.1 Å². The Kier molecular flexibility index (Phi) is 5.52. The minimum atomic E-state index is -0.194. The van der Waals surface area contributed by atoms with Gasteiger partial charge in [-0.1, -0.05) is 18.2 Å². The topological polar surface area (TPSA) is 68.8 Å². The molecule has 0 unspecified atom stereocenters. The number of carbonyl (C=O) groups is 1. The third kappa shape index (κ3) is 4.43. The number of benzene rings is 3. The first-order chi connectivity index (χ1) is 14.2. The zero-order valence-electron chi connectivity index (χ0n) is 16.1. The van der Waals surface area contributed by atoms with Gasteiger partial charge in [0.05, 0.1) is 7.11 Å². The number of hydrogen-bond acceptors (Lipinski definition) is 5. The Bertz CT molecular complexity index is 1000. The molecule has 0 saturated carbocycles. The second-order valence-corrected chi connectivity index (χ2v) is 6.59. The molecule has 4 rings (SSSR count). The molecule has 0 fully saturated rings. The maximum absolute atomic E-state index is 12.5. The van der Waals surface area contributed by atoms with Crippen LogP contribution in [-0.2, 0) is 6.42 Å². The number of hydrogen-bond donors (Lipinski definition) is 2. The Morgan fingerprint density at radius 2 is 1.72 bits per heavy atom. The molecule has 0 aliphatic carbocycles. The molecular formula is C23H22N2O4. The standard InChI is InChI=1S/C23H22N2O4/c1-27-20-5-3-2-4-16(20)12-13-24-18-7-9-19(10-8-18)25-23(26)17-6-11-21-22(14-17)29-15-28-21/h2-11,14,24H,12-13,15H2,1H3,(H,25,26). The Morgan fingerprint density at radius 3 is 2.55 bits per heavy atom. The first kappa shape index (κ1) is 18.7. The zero-order valence-corrected chi connectivity index (χ0v) is 16.1. The summed E-state index contributed by atoms with van der Waals surface area (Å²) in [5.74, 6) is 1.95. The average Bonchev–Trinajstić information content (AvgIpc) is 3.23. The molecule has 0 aromatic heterocycles. The molecule has 3 aromatic carbocycles. The molecule has 1 aliphatic rings. The molecule has 3 aromatic rings. The van der Waals surface area contributed by atoms with Gasteiger partial charge in [-0.2, -0.15) is 0 Å². The van der Waals surface area contributed by atoms with Crippen LogP contribution in [0.2, 0.25) is 0 Å². The molecule has 1 amide bonds. The van der Waals surface area contributed by atoms with E-state index in [-0.39, 0.29) is 12.7 Å². The Hall–Kier alpha value is -3.67. The predicted octanol–water partition coefficient (Wildman–Crippen LogP) is 4.33. The second kappa shape index (κ2) is 8.56. The van der Waals surface area contributed by atoms with Gasteiger partial charge in [0, 0.05) is 23.5 Å². The van der Waals surface area contributed by atoms with Gasteiger partial charge in [-0.15, -0.1) is 0 Å². The number of rotatable bonds is 7. The lowest BCUT2D eigenvalue weighted by Crippen LogP contribution is -2.12. The normalized spacial score (nSPS) is 11.8. The molecule has 1 aliphatic heterocycles. The first-order valence-corrected chi connectivity index (χ1v) is 9.40. The van der Waals surface area contributed by atoms with Gasteiger partial charge in [-0.3, -0.25) is 4.79 Å². The lowest BCUT2D eigenvalue weighted by Gasteiger charge is -2.11. The zero-order chi connectivity index (χ0) is 20.1. The smallest absolute Gasteiger partial charge is 0.255 e. The van der Waals surface area contributed by atoms with Crippen molar-refractivity contribution in [3.8, 4) is 17.2 Å². The average molecular weight is 390 g/mol. The molecule has 2 N–H and O–H groups in total. The number of carbonyl (C=O) groups excluding carboxylic acids is 1. The SMILES string of the molecule is COc1ccccc1CCNc1ccc(NC(=O)c2ccc3c(c2)OCO3)cc1. The van der Waals surface area contributed by atoms with Gasteiger partial charge in [0.25, 0.3) is 5.91 Å². The lowest BCUT2D eigenvalue weighted by molar-refractivity contribution is 0.102. The van der Waals surface area contributed by atoms with E-state index in [0.29, 0.717) is 17.1 Å². The highest BCUT2D eigenvalue weighted by atomic mass is 16.7. The van der Waals surface area contributed by atoms with E-state index in [0.717, 1.165) is 35.7 Å². The fraction of sp³-hybridized carbons (Fsp3) is 0.174. The van der Waals surface area contributed by atoms with Gasteiger partial charge in [0.1, 0.15) is 5.75 Å². The van der Waals surface area contributed by atoms with Gasteiger partial charge < -0.3 is 24.8 Å². The van der Waals surface area contributed by atoms with Gasteiger partial charge in [-0.25, -0.2) is 0 Å². The minimum Gasteiger partial charge on any atom is -0.496 e. The van der Waals surface area contributed by atoms with Crippen LogP contribution in [0.4, 0.5) is 11.4 Å². The third-order valence-electron chi connectivity index (χ3n) is 4.69. The summed E-state index contributed by atoms with van der Waals surface area (Å²) in [6.45, 7) is 0.967. The van der Waals surface area contributed by atoms with Crippen molar-refractivity contribution in [3.05, 3.63) is 77.9 Å². The number of nitrogens with one attached hydrogen (secondary N) is 2. The van der Waals surface area contributed by atoms with E-state index in [1.54, 1.807) is 25.3 Å². The van der Waals surface area contributed by atoms with Crippen LogP contribution in [-0.4, -0.2) is 26.4 Å². The highest BCUT2D eigenvalue weighted by Crippen LogP contribution is 2.32. The molecule has 0 radical (unpaired) electrons. The molecule has 0 spiro atoms. The highest BCUT2D eigenvalue weighted by Gasteiger charge is 2.16. The van der Waals surface area contributed by atoms with E-state index in [2.05, 4.69) is 16.7 Å². The summed E-state index contributed by atoms with van der Waals surface area (Å²) in [4.78, 5) is 12.5. The monoisotopic (exact) mass is 390 g/mol. The number of amides is 1. The van der Waals surface area contributed by atoms with Crippen molar-refractivity contribution in [3.63, 3.8) is 0 Å². The summed E-state index contributed by atoms with van der Waals surface area (Å²) in [6, 6.07) is 20.8. The molecule has 6 heteroatoms. The summed E-state index contributed by atoms with van der Waals surface area (Å²) in [5.41, 5.74) is 3.40. The molecule has 29 heavy (non-hydrogen) atoms. The van der Waals surface area contributed by atoms with Crippen molar-refractivity contribution in [1.82, 2.24) is 0 Å². The summed E-state index contributed by atoms with van der Waals surface area (Å²) >= 11 is 0. The van der Waals surface area contributed by atoms with Crippen molar-refractivity contribution < 1.29 is 19.0 Å². The molecule has 0 atom stereocenters. The summed E-state index contributed by atoms with van der Waals surface area (Å²) in [7, 11) is 1.68. The highest BCUT2D eigenvalue weighted by molar-refractivity contribution is 6.04. The Morgan fingerprint density at radius 1 is 0.966 bits per heavy atom. The third-order valence-corrected chi connectivity index (χ3v) is 4.69. The quantitative estimate of drug-likeness (QED) is 0.628. The summed E-state index contributed by atoms with van der Waals surface area (Å²) in [6.07, 6.45) is 0.854. The van der Waals surface area contributed by atoms with E-state index < -0.39 is 0 Å². The number of fused-ring (bicyclic) bond motifs is 1. The molecular weight excluding hydrogens is 368 g/mol. The van der Waals surface area contributed by atoms with Crippen molar-refractivity contribution >= 4 is 17.3 Å². The Balaban J connectivity index is 1.31. The van der Waals surface area contributed by atoms with Crippen molar-refractivity contribution in [1.29, 1.82) is 0 Å². The van der Waals surface area contributed by atoms with Gasteiger partial charge in [-0.05, 0) is 60.5 Å². The fourth-order valence-electron chi connectivity index (χ4n) is 3.16. The predicted molar refractivity (Wildman–Crippen MR) is 112 cm³/mol. The molecule has 0 bridgehead atoms. The van der Waals surface area contributed by atoms with E-state index >= 15 is 0 Å². The van der Waals surface area contributed by atoms with Crippen LogP contribution < -0.4 is 24.8 Å². The lowest BCUT2D eigenvalue weighted by atomic mass is 10.1. The van der Waals surface area contributed by atoms with Crippen molar-refractivity contribution in [2.24, 2.45) is 0 Å². The first-order valence-electron chi connectivity index (χ1n) is 9.40. The fourth-order valence-corrected chi connectivity index (χ4v) is 3.16. The van der Waals surface area contributed by atoms with Gasteiger partial charge in [0.2, 0.25) is 6.79 Å². The maximum atomic E-state index is 12.5. The van der Waals surface area contributed by atoms with Gasteiger partial charge >= 0.3 is 0 Å². The summed E-state index contributed by atoms with van der Waals surface area (Å²) in [5, 5.41) is 6.28. The van der Waals surface area contributed by atoms with E-state index in [1.807, 2.05) is 42.5 Å². The van der Waals surface area contributed by atoms with Crippen LogP contribution >= 0.6 is 0 Å². The number of methoxy groups -OCH3 is 1. The molecule has 0 saturated heterocycles. The minimum absolute atomic E-state index is 0.186. The van der Waals surface area contributed by atoms with Gasteiger partial charge in [0.15, 0.2) is 11.5 Å². The van der Waals surface area contributed by atoms with Crippen LogP contribution in [0.25, 0.3) is 0 Å². The van der Waals surface area contributed by atoms with Crippen molar-refractivity contribution in [2.45, 2.75) is 6.42 Å². The summed E-state index contributed by atoms with van der Waals surface area (Å²) < 4.78 is 16.0.